The van der Waals surface area contributed by atoms with Gasteiger partial charge in [0, 0.05) is 17.0 Å². The van der Waals surface area contributed by atoms with Crippen LogP contribution in [0.15, 0.2) is 4.99 Å². The predicted octanol–water partition coefficient (Wildman–Crippen LogP) is 2.99. The molecular formula is C11H22N2S2. The Morgan fingerprint density at radius 1 is 1.67 bits per heavy atom. The van der Waals surface area contributed by atoms with Crippen LogP contribution in [0.5, 0.6) is 0 Å². The summed E-state index contributed by atoms with van der Waals surface area (Å²) in [5.74, 6) is 2.30. The molecule has 2 atom stereocenters. The maximum absolute atomic E-state index is 4.72. The summed E-state index contributed by atoms with van der Waals surface area (Å²) in [7, 11) is 0. The normalized spacial score (nSPS) is 31.3. The van der Waals surface area contributed by atoms with Gasteiger partial charge >= 0.3 is 0 Å². The second-order valence-electron chi connectivity index (χ2n) is 4.38. The van der Waals surface area contributed by atoms with Gasteiger partial charge in [0.25, 0.3) is 0 Å². The van der Waals surface area contributed by atoms with E-state index < -0.39 is 0 Å². The summed E-state index contributed by atoms with van der Waals surface area (Å²) in [6, 6.07) is 0.425. The first-order valence-electron chi connectivity index (χ1n) is 5.57. The molecule has 1 saturated heterocycles. The molecule has 0 amide bonds. The molecule has 1 heterocycles. The van der Waals surface area contributed by atoms with Gasteiger partial charge in [-0.25, -0.2) is 0 Å². The summed E-state index contributed by atoms with van der Waals surface area (Å²) < 4.78 is 0. The van der Waals surface area contributed by atoms with Crippen LogP contribution in [0.4, 0.5) is 0 Å². The van der Waals surface area contributed by atoms with E-state index in [0.717, 1.165) is 10.9 Å². The van der Waals surface area contributed by atoms with Crippen LogP contribution in [0.2, 0.25) is 0 Å². The van der Waals surface area contributed by atoms with Gasteiger partial charge in [-0.3, -0.25) is 4.99 Å². The van der Waals surface area contributed by atoms with Crippen molar-refractivity contribution in [2.45, 2.75) is 45.2 Å². The highest BCUT2D eigenvalue weighted by Gasteiger charge is 2.27. The molecule has 0 aliphatic carbocycles. The average Bonchev–Trinajstić information content (AvgIpc) is 2.18. The van der Waals surface area contributed by atoms with E-state index in [4.69, 9.17) is 4.99 Å². The van der Waals surface area contributed by atoms with Crippen LogP contribution < -0.4 is 5.32 Å². The minimum absolute atomic E-state index is 0.267. The summed E-state index contributed by atoms with van der Waals surface area (Å²) in [5, 5.41) is 4.72. The molecule has 88 valence electrons. The van der Waals surface area contributed by atoms with Crippen molar-refractivity contribution in [1.82, 2.24) is 5.32 Å². The van der Waals surface area contributed by atoms with E-state index in [-0.39, 0.29) is 5.54 Å². The van der Waals surface area contributed by atoms with Crippen molar-refractivity contribution in [1.29, 1.82) is 0 Å². The van der Waals surface area contributed by atoms with Gasteiger partial charge in [0.2, 0.25) is 0 Å². The summed E-state index contributed by atoms with van der Waals surface area (Å²) in [5.41, 5.74) is 0.267. The van der Waals surface area contributed by atoms with E-state index in [2.05, 4.69) is 32.3 Å². The zero-order chi connectivity index (χ0) is 11.3. The topological polar surface area (TPSA) is 24.4 Å². The van der Waals surface area contributed by atoms with Crippen molar-refractivity contribution in [3.8, 4) is 0 Å². The molecule has 0 radical (unpaired) electrons. The number of nitrogens with zero attached hydrogens (tertiary/aromatic N) is 1. The fourth-order valence-electron chi connectivity index (χ4n) is 1.54. The Morgan fingerprint density at radius 2 is 2.40 bits per heavy atom. The van der Waals surface area contributed by atoms with Crippen LogP contribution in [0.3, 0.4) is 0 Å². The number of thioether (sulfide) groups is 2. The van der Waals surface area contributed by atoms with E-state index in [1.807, 2.05) is 23.5 Å². The van der Waals surface area contributed by atoms with E-state index in [1.54, 1.807) is 0 Å². The van der Waals surface area contributed by atoms with E-state index in [0.29, 0.717) is 6.04 Å². The predicted molar refractivity (Wildman–Crippen MR) is 74.2 cm³/mol. The van der Waals surface area contributed by atoms with Crippen LogP contribution in [0.25, 0.3) is 0 Å². The smallest absolute Gasteiger partial charge is 0.157 e. The molecule has 0 aromatic heterocycles. The molecular weight excluding hydrogens is 224 g/mol. The third-order valence-electron chi connectivity index (χ3n) is 2.83. The number of nitrogens with one attached hydrogen (secondary N) is 1. The maximum Gasteiger partial charge on any atom is 0.157 e. The number of hydrogen-bond donors (Lipinski definition) is 1. The lowest BCUT2D eigenvalue weighted by Gasteiger charge is -2.35. The first kappa shape index (κ1) is 13.2. The highest BCUT2D eigenvalue weighted by atomic mass is 32.2. The Balaban J connectivity index is 2.55. The summed E-state index contributed by atoms with van der Waals surface area (Å²) in [4.78, 5) is 4.72. The van der Waals surface area contributed by atoms with Crippen LogP contribution in [0.1, 0.15) is 33.6 Å². The summed E-state index contributed by atoms with van der Waals surface area (Å²) in [6.45, 7) is 6.72. The van der Waals surface area contributed by atoms with Crippen LogP contribution in [0, 0.1) is 0 Å². The Hall–Kier alpha value is 0.170. The lowest BCUT2D eigenvalue weighted by Crippen LogP contribution is -2.48. The first-order chi connectivity index (χ1) is 7.09. The Labute approximate surface area is 102 Å². The number of rotatable bonds is 4. The number of amidine groups is 1. The molecule has 0 spiro atoms. The van der Waals surface area contributed by atoms with Crippen molar-refractivity contribution in [2.75, 3.05) is 17.8 Å². The Bertz CT molecular complexity index is 231. The molecule has 2 unspecified atom stereocenters. The van der Waals surface area contributed by atoms with Crippen LogP contribution in [-0.2, 0) is 0 Å². The minimum atomic E-state index is 0.267. The molecule has 15 heavy (non-hydrogen) atoms. The van der Waals surface area contributed by atoms with Crippen molar-refractivity contribution in [2.24, 2.45) is 4.99 Å². The fraction of sp³-hybridized carbons (Fsp3) is 0.909. The highest BCUT2D eigenvalue weighted by Crippen LogP contribution is 2.25. The third-order valence-corrected chi connectivity index (χ3v) is 4.53. The number of hydrogen-bond acceptors (Lipinski definition) is 3. The monoisotopic (exact) mass is 246 g/mol. The summed E-state index contributed by atoms with van der Waals surface area (Å²) in [6.07, 6.45) is 4.54. The second-order valence-corrected chi connectivity index (χ2v) is 6.37. The molecule has 0 bridgehead atoms. The standard InChI is InChI=1S/C11H22N2S2/c1-5-11(3)6-7-15-10(13-11)12-9(2)8-14-4/h9H,5-8H2,1-4H3,(H,12,13). The van der Waals surface area contributed by atoms with Crippen molar-refractivity contribution >= 4 is 28.7 Å². The molecule has 1 N–H and O–H groups in total. The van der Waals surface area contributed by atoms with E-state index >= 15 is 0 Å². The van der Waals surface area contributed by atoms with Gasteiger partial charge < -0.3 is 5.32 Å². The quantitative estimate of drug-likeness (QED) is 0.825. The zero-order valence-electron chi connectivity index (χ0n) is 10.2. The van der Waals surface area contributed by atoms with Crippen molar-refractivity contribution < 1.29 is 0 Å². The molecule has 1 fully saturated rings. The molecule has 2 nitrogen and oxygen atoms in total. The average molecular weight is 246 g/mol. The SMILES string of the molecule is CCC1(C)CCSC(=NC(C)CSC)N1. The van der Waals surface area contributed by atoms with Crippen molar-refractivity contribution in [3.05, 3.63) is 0 Å². The van der Waals surface area contributed by atoms with Gasteiger partial charge in [0.15, 0.2) is 5.17 Å². The minimum Gasteiger partial charge on any atom is -0.360 e. The highest BCUT2D eigenvalue weighted by molar-refractivity contribution is 8.13. The van der Waals surface area contributed by atoms with Gasteiger partial charge in [0.05, 0.1) is 6.04 Å². The number of aliphatic imine (C=N–C) groups is 1. The second kappa shape index (κ2) is 6.04. The lowest BCUT2D eigenvalue weighted by atomic mass is 9.96. The zero-order valence-corrected chi connectivity index (χ0v) is 11.8. The molecule has 1 aliphatic heterocycles. The van der Waals surface area contributed by atoms with Gasteiger partial charge in [-0.1, -0.05) is 18.7 Å². The molecule has 0 saturated carbocycles. The molecule has 0 aromatic rings. The van der Waals surface area contributed by atoms with Crippen molar-refractivity contribution in [3.63, 3.8) is 0 Å². The Morgan fingerprint density at radius 3 is 3.00 bits per heavy atom. The largest absolute Gasteiger partial charge is 0.360 e. The molecule has 1 rings (SSSR count). The first-order valence-corrected chi connectivity index (χ1v) is 7.95. The maximum atomic E-state index is 4.72. The van der Waals surface area contributed by atoms with Gasteiger partial charge in [-0.2, -0.15) is 11.8 Å². The molecule has 1 aliphatic rings. The summed E-state index contributed by atoms with van der Waals surface area (Å²) >= 11 is 3.72. The molecule has 4 heteroatoms. The van der Waals surface area contributed by atoms with E-state index in [1.165, 1.54) is 18.6 Å². The Kier molecular flexibility index (Phi) is 5.33. The van der Waals surface area contributed by atoms with Gasteiger partial charge in [-0.05, 0) is 32.9 Å². The fourth-order valence-corrected chi connectivity index (χ4v) is 3.42. The van der Waals surface area contributed by atoms with Gasteiger partial charge in [0.1, 0.15) is 0 Å². The van der Waals surface area contributed by atoms with Crippen LogP contribution >= 0.6 is 23.5 Å². The van der Waals surface area contributed by atoms with E-state index in [9.17, 15) is 0 Å². The van der Waals surface area contributed by atoms with Gasteiger partial charge in [-0.15, -0.1) is 0 Å². The van der Waals surface area contributed by atoms with Crippen LogP contribution in [-0.4, -0.2) is 34.5 Å². The lowest BCUT2D eigenvalue weighted by molar-refractivity contribution is 0.389. The molecule has 0 aromatic carbocycles. The third kappa shape index (κ3) is 4.27.